The molecule has 1 N–H and O–H groups in total. The molecule has 0 aliphatic carbocycles. The molecule has 1 fully saturated rings. The van der Waals surface area contributed by atoms with Gasteiger partial charge in [0.1, 0.15) is 11.6 Å². The van der Waals surface area contributed by atoms with Crippen LogP contribution < -0.4 is 10.2 Å². The van der Waals surface area contributed by atoms with E-state index in [4.69, 9.17) is 0 Å². The summed E-state index contributed by atoms with van der Waals surface area (Å²) in [5.41, 5.74) is -0.601. The molecule has 1 aliphatic rings. The highest BCUT2D eigenvalue weighted by Crippen LogP contribution is 2.31. The fraction of sp³-hybridized carbons (Fsp3) is 0.333. The normalized spacial score (nSPS) is 14.5. The Labute approximate surface area is 175 Å². The minimum atomic E-state index is -4.42. The first kappa shape index (κ1) is 22.5. The number of carbonyl (C=O) groups is 2. The third-order valence-corrected chi connectivity index (χ3v) is 4.97. The Balaban J connectivity index is 1.47. The highest BCUT2D eigenvalue weighted by molar-refractivity contribution is 5.94. The van der Waals surface area contributed by atoms with Gasteiger partial charge in [-0.1, -0.05) is 6.07 Å². The molecule has 31 heavy (non-hydrogen) atoms. The van der Waals surface area contributed by atoms with Crippen LogP contribution in [0.3, 0.4) is 0 Å². The van der Waals surface area contributed by atoms with Crippen molar-refractivity contribution >= 4 is 17.5 Å². The number of nitrogens with one attached hydrogen (secondary N) is 1. The fourth-order valence-corrected chi connectivity index (χ4v) is 3.30. The lowest BCUT2D eigenvalue weighted by Crippen LogP contribution is -2.49. The van der Waals surface area contributed by atoms with Crippen molar-refractivity contribution in [2.24, 2.45) is 0 Å². The van der Waals surface area contributed by atoms with Crippen molar-refractivity contribution in [2.45, 2.75) is 12.6 Å². The van der Waals surface area contributed by atoms with Crippen LogP contribution in [0.4, 0.5) is 27.6 Å². The van der Waals surface area contributed by atoms with Crippen LogP contribution in [0.1, 0.15) is 22.3 Å². The molecule has 1 aliphatic heterocycles. The predicted molar refractivity (Wildman–Crippen MR) is 104 cm³/mol. The molecule has 2 aromatic rings. The standard InChI is InChI=1S/C21H20F5N3O2/c22-15-4-5-17(18(23)13-15)20(31)27-7-6-19(30)29-10-8-28(9-11-29)16-3-1-2-14(12-16)21(24,25)26/h1-5,12-13H,6-11H2,(H,27,31). The van der Waals surface area contributed by atoms with Crippen LogP contribution in [-0.4, -0.2) is 49.4 Å². The molecule has 0 radical (unpaired) electrons. The largest absolute Gasteiger partial charge is 0.416 e. The molecule has 166 valence electrons. The second kappa shape index (κ2) is 9.32. The van der Waals surface area contributed by atoms with Gasteiger partial charge in [-0.15, -0.1) is 0 Å². The van der Waals surface area contributed by atoms with Gasteiger partial charge in [0.15, 0.2) is 0 Å². The predicted octanol–water partition coefficient (Wildman–Crippen LogP) is 3.45. The van der Waals surface area contributed by atoms with E-state index in [1.165, 1.54) is 6.07 Å². The summed E-state index contributed by atoms with van der Waals surface area (Å²) in [7, 11) is 0. The van der Waals surface area contributed by atoms with Gasteiger partial charge in [0.25, 0.3) is 5.91 Å². The summed E-state index contributed by atoms with van der Waals surface area (Å²) in [5, 5.41) is 2.42. The summed E-state index contributed by atoms with van der Waals surface area (Å²) in [4.78, 5) is 27.6. The Kier molecular flexibility index (Phi) is 6.77. The Bertz CT molecular complexity index is 956. The Morgan fingerprint density at radius 1 is 0.968 bits per heavy atom. The molecular formula is C21H20F5N3O2. The molecule has 3 rings (SSSR count). The summed E-state index contributed by atoms with van der Waals surface area (Å²) >= 11 is 0. The molecule has 0 bridgehead atoms. The van der Waals surface area contributed by atoms with Crippen molar-refractivity contribution in [2.75, 3.05) is 37.6 Å². The zero-order valence-electron chi connectivity index (χ0n) is 16.4. The maximum atomic E-state index is 13.6. The minimum Gasteiger partial charge on any atom is -0.368 e. The fourth-order valence-electron chi connectivity index (χ4n) is 3.30. The van der Waals surface area contributed by atoms with Crippen LogP contribution in [-0.2, 0) is 11.0 Å². The summed E-state index contributed by atoms with van der Waals surface area (Å²) in [5.74, 6) is -2.77. The van der Waals surface area contributed by atoms with Crippen LogP contribution in [0.5, 0.6) is 0 Å². The maximum Gasteiger partial charge on any atom is 0.416 e. The SMILES string of the molecule is O=C(NCCC(=O)N1CCN(c2cccc(C(F)(F)F)c2)CC1)c1ccc(F)cc1F. The van der Waals surface area contributed by atoms with Crippen molar-refractivity contribution in [3.05, 3.63) is 65.2 Å². The quantitative estimate of drug-likeness (QED) is 0.724. The third-order valence-electron chi connectivity index (χ3n) is 4.97. The maximum absolute atomic E-state index is 13.6. The van der Waals surface area contributed by atoms with Crippen molar-refractivity contribution in [1.29, 1.82) is 0 Å². The van der Waals surface area contributed by atoms with Gasteiger partial charge in [-0.05, 0) is 30.3 Å². The molecule has 0 aromatic heterocycles. The third kappa shape index (κ3) is 5.71. The van der Waals surface area contributed by atoms with Crippen LogP contribution in [0.2, 0.25) is 0 Å². The van der Waals surface area contributed by atoms with Crippen LogP contribution in [0, 0.1) is 11.6 Å². The van der Waals surface area contributed by atoms with Gasteiger partial charge in [-0.2, -0.15) is 13.2 Å². The average molecular weight is 441 g/mol. The summed E-state index contributed by atoms with van der Waals surface area (Å²) in [6.07, 6.45) is -4.44. The van der Waals surface area contributed by atoms with Gasteiger partial charge in [-0.25, -0.2) is 8.78 Å². The topological polar surface area (TPSA) is 52.7 Å². The van der Waals surface area contributed by atoms with E-state index in [2.05, 4.69) is 5.32 Å². The van der Waals surface area contributed by atoms with E-state index in [9.17, 15) is 31.5 Å². The summed E-state index contributed by atoms with van der Waals surface area (Å²) < 4.78 is 65.2. The number of halogens is 5. The molecule has 2 amide bonds. The first-order valence-electron chi connectivity index (χ1n) is 9.58. The molecule has 0 atom stereocenters. The number of anilines is 1. The molecule has 0 spiro atoms. The number of hydrogen-bond acceptors (Lipinski definition) is 3. The van der Waals surface area contributed by atoms with E-state index in [0.29, 0.717) is 37.9 Å². The highest BCUT2D eigenvalue weighted by atomic mass is 19.4. The number of benzene rings is 2. The number of hydrogen-bond donors (Lipinski definition) is 1. The number of rotatable bonds is 5. The Hall–Kier alpha value is -3.17. The number of carbonyl (C=O) groups excluding carboxylic acids is 2. The van der Waals surface area contributed by atoms with Crippen molar-refractivity contribution < 1.29 is 31.5 Å². The van der Waals surface area contributed by atoms with Gasteiger partial charge in [0.2, 0.25) is 5.91 Å². The summed E-state index contributed by atoms with van der Waals surface area (Å²) in [6, 6.07) is 7.63. The monoisotopic (exact) mass is 441 g/mol. The molecule has 2 aromatic carbocycles. The van der Waals surface area contributed by atoms with Gasteiger partial charge < -0.3 is 15.1 Å². The van der Waals surface area contributed by atoms with Crippen molar-refractivity contribution in [1.82, 2.24) is 10.2 Å². The van der Waals surface area contributed by atoms with E-state index in [1.807, 2.05) is 0 Å². The number of piperazine rings is 1. The molecule has 0 unspecified atom stereocenters. The molecule has 0 saturated carbocycles. The average Bonchev–Trinajstić information content (AvgIpc) is 2.73. The molecule has 1 saturated heterocycles. The zero-order valence-corrected chi connectivity index (χ0v) is 16.4. The van der Waals surface area contributed by atoms with Gasteiger partial charge in [-0.3, -0.25) is 9.59 Å². The molecule has 1 heterocycles. The second-order valence-electron chi connectivity index (χ2n) is 7.05. The van der Waals surface area contributed by atoms with E-state index in [0.717, 1.165) is 24.3 Å². The lowest BCUT2D eigenvalue weighted by atomic mass is 10.1. The number of nitrogens with zero attached hydrogens (tertiary/aromatic N) is 2. The Morgan fingerprint density at radius 2 is 1.68 bits per heavy atom. The van der Waals surface area contributed by atoms with Crippen molar-refractivity contribution in [3.8, 4) is 0 Å². The van der Waals surface area contributed by atoms with E-state index in [-0.39, 0.29) is 24.4 Å². The lowest BCUT2D eigenvalue weighted by molar-refractivity contribution is -0.137. The molecular weight excluding hydrogens is 421 g/mol. The van der Waals surface area contributed by atoms with Gasteiger partial charge in [0.05, 0.1) is 11.1 Å². The van der Waals surface area contributed by atoms with E-state index < -0.39 is 29.3 Å². The molecule has 5 nitrogen and oxygen atoms in total. The van der Waals surface area contributed by atoms with E-state index >= 15 is 0 Å². The first-order chi connectivity index (χ1) is 14.6. The second-order valence-corrected chi connectivity index (χ2v) is 7.05. The van der Waals surface area contributed by atoms with Crippen LogP contribution in [0.25, 0.3) is 0 Å². The zero-order chi connectivity index (χ0) is 22.6. The molecule has 10 heteroatoms. The van der Waals surface area contributed by atoms with Gasteiger partial charge in [0, 0.05) is 50.9 Å². The summed E-state index contributed by atoms with van der Waals surface area (Å²) in [6.45, 7) is 1.38. The van der Waals surface area contributed by atoms with E-state index in [1.54, 1.807) is 15.9 Å². The highest BCUT2D eigenvalue weighted by Gasteiger charge is 2.31. The van der Waals surface area contributed by atoms with Crippen molar-refractivity contribution in [3.63, 3.8) is 0 Å². The van der Waals surface area contributed by atoms with Crippen LogP contribution in [0.15, 0.2) is 42.5 Å². The van der Waals surface area contributed by atoms with Crippen LogP contribution >= 0.6 is 0 Å². The smallest absolute Gasteiger partial charge is 0.368 e. The Morgan fingerprint density at radius 3 is 2.32 bits per heavy atom. The lowest BCUT2D eigenvalue weighted by Gasteiger charge is -2.36. The number of amides is 2. The minimum absolute atomic E-state index is 0.0158. The first-order valence-corrected chi connectivity index (χ1v) is 9.58. The van der Waals surface area contributed by atoms with Gasteiger partial charge >= 0.3 is 6.18 Å². The number of alkyl halides is 3.